The molecule has 1 atom stereocenters. The lowest BCUT2D eigenvalue weighted by atomic mass is 10.1. The molecule has 1 aromatic heterocycles. The smallest absolute Gasteiger partial charge is 0.0702 e. The maximum absolute atomic E-state index is 4.38. The van der Waals surface area contributed by atoms with Gasteiger partial charge in [-0.15, -0.1) is 0 Å². The molecule has 1 aromatic carbocycles. The molecule has 1 N–H and O–H groups in total. The predicted octanol–water partition coefficient (Wildman–Crippen LogP) is 4.03. The topological polar surface area (TPSA) is 24.9 Å². The van der Waals surface area contributed by atoms with E-state index in [0.29, 0.717) is 6.04 Å². The van der Waals surface area contributed by atoms with Gasteiger partial charge in [0.1, 0.15) is 0 Å². The molecule has 0 amide bonds. The molecule has 2 rings (SSSR count). The molecule has 0 aliphatic carbocycles. The van der Waals surface area contributed by atoms with Gasteiger partial charge in [-0.3, -0.25) is 4.98 Å². The zero-order valence-electron chi connectivity index (χ0n) is 11.7. The van der Waals surface area contributed by atoms with Crippen LogP contribution in [0.25, 0.3) is 10.9 Å². The highest BCUT2D eigenvalue weighted by Gasteiger charge is 2.10. The second-order valence-corrected chi connectivity index (χ2v) is 5.79. The molecule has 0 saturated carbocycles. The van der Waals surface area contributed by atoms with Crippen molar-refractivity contribution in [1.82, 2.24) is 10.3 Å². The second-order valence-electron chi connectivity index (χ2n) is 4.64. The van der Waals surface area contributed by atoms with Crippen molar-refractivity contribution in [1.29, 1.82) is 0 Å². The summed E-state index contributed by atoms with van der Waals surface area (Å²) in [6.07, 6.45) is 3.09. The highest BCUT2D eigenvalue weighted by atomic mass is 32.2. The van der Waals surface area contributed by atoms with Crippen molar-refractivity contribution in [3.05, 3.63) is 42.1 Å². The van der Waals surface area contributed by atoms with Crippen molar-refractivity contribution in [2.24, 2.45) is 0 Å². The summed E-state index contributed by atoms with van der Waals surface area (Å²) in [5, 5.41) is 4.81. The first-order valence-corrected chi connectivity index (χ1v) is 8.16. The van der Waals surface area contributed by atoms with Gasteiger partial charge < -0.3 is 5.32 Å². The molecular weight excluding hydrogens is 252 g/mol. The molecule has 0 bridgehead atoms. The third kappa shape index (κ3) is 3.95. The molecule has 1 heterocycles. The number of nitrogens with one attached hydrogen (secondary N) is 1. The van der Waals surface area contributed by atoms with E-state index in [-0.39, 0.29) is 0 Å². The van der Waals surface area contributed by atoms with Crippen LogP contribution in [0.15, 0.2) is 36.5 Å². The van der Waals surface area contributed by atoms with Gasteiger partial charge in [0.2, 0.25) is 0 Å². The quantitative estimate of drug-likeness (QED) is 0.772. The van der Waals surface area contributed by atoms with E-state index >= 15 is 0 Å². The van der Waals surface area contributed by atoms with E-state index in [1.165, 1.54) is 23.1 Å². The van der Waals surface area contributed by atoms with Crippen molar-refractivity contribution in [2.45, 2.75) is 26.3 Å². The van der Waals surface area contributed by atoms with Gasteiger partial charge in [-0.05, 0) is 42.5 Å². The van der Waals surface area contributed by atoms with Crippen LogP contribution < -0.4 is 5.32 Å². The van der Waals surface area contributed by atoms with Gasteiger partial charge in [0.25, 0.3) is 0 Å². The number of hydrogen-bond donors (Lipinski definition) is 1. The Bertz CT molecular complexity index is 513. The van der Waals surface area contributed by atoms with Crippen LogP contribution in [0.1, 0.15) is 31.9 Å². The van der Waals surface area contributed by atoms with Gasteiger partial charge in [-0.1, -0.05) is 26.0 Å². The van der Waals surface area contributed by atoms with Crippen LogP contribution in [0.4, 0.5) is 0 Å². The first-order chi connectivity index (χ1) is 9.35. The van der Waals surface area contributed by atoms with E-state index < -0.39 is 0 Å². The number of aromatic nitrogens is 1. The molecule has 0 aliphatic rings. The molecule has 2 aromatic rings. The maximum Gasteiger partial charge on any atom is 0.0702 e. The van der Waals surface area contributed by atoms with Crippen molar-refractivity contribution in [3.63, 3.8) is 0 Å². The minimum Gasteiger partial charge on any atom is -0.310 e. The van der Waals surface area contributed by atoms with Gasteiger partial charge in [0.05, 0.1) is 5.52 Å². The fourth-order valence-electron chi connectivity index (χ4n) is 2.18. The standard InChI is InChI=1S/C16H22N2S/c1-3-10-19-12-16(17-4-2)14-7-8-15-13(11-14)6-5-9-18-15/h5-9,11,16-17H,3-4,10,12H2,1-2H3. The zero-order valence-corrected chi connectivity index (χ0v) is 12.5. The fraction of sp³-hybridized carbons (Fsp3) is 0.438. The third-order valence-corrected chi connectivity index (χ3v) is 4.38. The average Bonchev–Trinajstić information content (AvgIpc) is 2.46. The molecule has 102 valence electrons. The van der Waals surface area contributed by atoms with Gasteiger partial charge in [-0.25, -0.2) is 0 Å². The van der Waals surface area contributed by atoms with Crippen LogP contribution >= 0.6 is 11.8 Å². The Labute approximate surface area is 120 Å². The van der Waals surface area contributed by atoms with Gasteiger partial charge in [0.15, 0.2) is 0 Å². The van der Waals surface area contributed by atoms with Crippen LogP contribution in [0.5, 0.6) is 0 Å². The van der Waals surface area contributed by atoms with E-state index in [4.69, 9.17) is 0 Å². The number of hydrogen-bond acceptors (Lipinski definition) is 3. The summed E-state index contributed by atoms with van der Waals surface area (Å²) >= 11 is 2.02. The Kier molecular flexibility index (Phi) is 5.67. The van der Waals surface area contributed by atoms with E-state index in [9.17, 15) is 0 Å². The normalized spacial score (nSPS) is 12.7. The SMILES string of the molecule is CCCSCC(NCC)c1ccc2ncccc2c1. The largest absolute Gasteiger partial charge is 0.310 e. The Morgan fingerprint density at radius 3 is 2.95 bits per heavy atom. The molecule has 19 heavy (non-hydrogen) atoms. The third-order valence-electron chi connectivity index (χ3n) is 3.11. The summed E-state index contributed by atoms with van der Waals surface area (Å²) in [6, 6.07) is 11.2. The minimum absolute atomic E-state index is 0.436. The lowest BCUT2D eigenvalue weighted by Crippen LogP contribution is -2.23. The Morgan fingerprint density at radius 1 is 1.26 bits per heavy atom. The van der Waals surface area contributed by atoms with Crippen molar-refractivity contribution in [3.8, 4) is 0 Å². The fourth-order valence-corrected chi connectivity index (χ4v) is 3.18. The zero-order chi connectivity index (χ0) is 13.5. The maximum atomic E-state index is 4.38. The highest BCUT2D eigenvalue weighted by Crippen LogP contribution is 2.22. The van der Waals surface area contributed by atoms with E-state index in [1.807, 2.05) is 24.0 Å². The van der Waals surface area contributed by atoms with Gasteiger partial charge in [-0.2, -0.15) is 11.8 Å². The van der Waals surface area contributed by atoms with E-state index in [0.717, 1.165) is 17.8 Å². The summed E-state index contributed by atoms with van der Waals surface area (Å²) in [7, 11) is 0. The summed E-state index contributed by atoms with van der Waals surface area (Å²) in [5.41, 5.74) is 2.44. The number of benzene rings is 1. The number of thioether (sulfide) groups is 1. The summed E-state index contributed by atoms with van der Waals surface area (Å²) in [5.74, 6) is 2.37. The second kappa shape index (κ2) is 7.51. The molecule has 3 heteroatoms. The molecule has 0 radical (unpaired) electrons. The Morgan fingerprint density at radius 2 is 2.16 bits per heavy atom. The number of pyridine rings is 1. The van der Waals surface area contributed by atoms with Crippen molar-refractivity contribution < 1.29 is 0 Å². The molecular formula is C16H22N2S. The molecule has 0 saturated heterocycles. The Hall–Kier alpha value is -1.06. The van der Waals surface area contributed by atoms with E-state index in [2.05, 4.69) is 48.4 Å². The van der Waals surface area contributed by atoms with Crippen LogP contribution in [0.2, 0.25) is 0 Å². The molecule has 0 fully saturated rings. The molecule has 0 aliphatic heterocycles. The summed E-state index contributed by atoms with van der Waals surface area (Å²) in [4.78, 5) is 4.38. The van der Waals surface area contributed by atoms with Crippen molar-refractivity contribution >= 4 is 22.7 Å². The summed E-state index contributed by atoms with van der Waals surface area (Å²) < 4.78 is 0. The molecule has 0 spiro atoms. The van der Waals surface area contributed by atoms with Crippen molar-refractivity contribution in [2.75, 3.05) is 18.1 Å². The lowest BCUT2D eigenvalue weighted by molar-refractivity contribution is 0.606. The van der Waals surface area contributed by atoms with Crippen LogP contribution in [-0.2, 0) is 0 Å². The van der Waals surface area contributed by atoms with Gasteiger partial charge >= 0.3 is 0 Å². The Balaban J connectivity index is 2.17. The number of fused-ring (bicyclic) bond motifs is 1. The van der Waals surface area contributed by atoms with Gasteiger partial charge in [0, 0.05) is 23.4 Å². The number of nitrogens with zero attached hydrogens (tertiary/aromatic N) is 1. The molecule has 2 nitrogen and oxygen atoms in total. The van der Waals surface area contributed by atoms with Crippen LogP contribution in [0, 0.1) is 0 Å². The minimum atomic E-state index is 0.436. The first kappa shape index (κ1) is 14.4. The summed E-state index contributed by atoms with van der Waals surface area (Å²) in [6.45, 7) is 5.40. The van der Waals surface area contributed by atoms with E-state index in [1.54, 1.807) is 0 Å². The first-order valence-electron chi connectivity index (χ1n) is 7.01. The molecule has 1 unspecified atom stereocenters. The predicted molar refractivity (Wildman–Crippen MR) is 85.8 cm³/mol. The van der Waals surface area contributed by atoms with Crippen LogP contribution in [0.3, 0.4) is 0 Å². The lowest BCUT2D eigenvalue weighted by Gasteiger charge is -2.18. The van der Waals surface area contributed by atoms with Crippen LogP contribution in [-0.4, -0.2) is 23.0 Å². The monoisotopic (exact) mass is 274 g/mol. The average molecular weight is 274 g/mol. The highest BCUT2D eigenvalue weighted by molar-refractivity contribution is 7.99. The number of rotatable bonds is 7.